The normalized spacial score (nSPS) is 31.0. The van der Waals surface area contributed by atoms with E-state index in [1.807, 2.05) is 0 Å². The van der Waals surface area contributed by atoms with Gasteiger partial charge in [0.2, 0.25) is 0 Å². The summed E-state index contributed by atoms with van der Waals surface area (Å²) >= 11 is 0. The van der Waals surface area contributed by atoms with Crippen LogP contribution in [0.15, 0.2) is 24.3 Å². The van der Waals surface area contributed by atoms with E-state index < -0.39 is 18.0 Å². The maximum atomic E-state index is 11.1. The van der Waals surface area contributed by atoms with Gasteiger partial charge in [-0.25, -0.2) is 0 Å². The second-order valence-corrected chi connectivity index (χ2v) is 5.30. The first kappa shape index (κ1) is 10.8. The van der Waals surface area contributed by atoms with E-state index in [1.54, 1.807) is 38.4 Å². The highest BCUT2D eigenvalue weighted by molar-refractivity contribution is 5.32. The van der Waals surface area contributed by atoms with Gasteiger partial charge in [0.1, 0.15) is 5.75 Å². The summed E-state index contributed by atoms with van der Waals surface area (Å²) in [4.78, 5) is 1.52. The van der Waals surface area contributed by atoms with Crippen LogP contribution < -0.4 is 0 Å². The van der Waals surface area contributed by atoms with Gasteiger partial charge in [-0.05, 0) is 44.6 Å². The van der Waals surface area contributed by atoms with Crippen LogP contribution in [-0.4, -0.2) is 35.7 Å². The molecular formula is C15H23NO2. The predicted molar refractivity (Wildman–Crippen MR) is 72.5 cm³/mol. The van der Waals surface area contributed by atoms with Gasteiger partial charge in [-0.1, -0.05) is 25.0 Å². The number of hydrogen-bond donors (Lipinski definition) is 2. The second-order valence-electron chi connectivity index (χ2n) is 5.30. The van der Waals surface area contributed by atoms with E-state index >= 15 is 0 Å². The van der Waals surface area contributed by atoms with E-state index in [1.165, 1.54) is 4.90 Å². The van der Waals surface area contributed by atoms with Gasteiger partial charge in [-0.15, -0.1) is 0 Å². The van der Waals surface area contributed by atoms with Crippen molar-refractivity contribution in [3.05, 3.63) is 29.8 Å². The molecule has 18 heavy (non-hydrogen) atoms. The van der Waals surface area contributed by atoms with Crippen LogP contribution >= 0.6 is 0 Å². The summed E-state index contributed by atoms with van der Waals surface area (Å²) in [5, 5.41) is 20.8. The van der Waals surface area contributed by atoms with Crippen LogP contribution in [0.1, 0.15) is 34.0 Å². The van der Waals surface area contributed by atoms with Crippen molar-refractivity contribution in [2.24, 2.45) is 5.92 Å². The summed E-state index contributed by atoms with van der Waals surface area (Å²) in [6.07, 6.45) is 2.94. The Hall–Kier alpha value is -1.06. The number of phenolic OH excluding ortho intramolecular Hbond substituents is 1. The minimum atomic E-state index is -1.60. The van der Waals surface area contributed by atoms with Crippen molar-refractivity contribution in [3.8, 4) is 5.75 Å². The Labute approximate surface area is 112 Å². The van der Waals surface area contributed by atoms with E-state index in [2.05, 4.69) is 0 Å². The fourth-order valence-corrected chi connectivity index (χ4v) is 2.76. The van der Waals surface area contributed by atoms with Crippen LogP contribution in [0.4, 0.5) is 0 Å². The van der Waals surface area contributed by atoms with Crippen molar-refractivity contribution in [1.82, 2.24) is 4.90 Å². The van der Waals surface area contributed by atoms with Gasteiger partial charge in [0.25, 0.3) is 0 Å². The molecule has 0 bridgehead atoms. The molecule has 1 aromatic carbocycles. The lowest BCUT2D eigenvalue weighted by molar-refractivity contribution is -0.0619. The summed E-state index contributed by atoms with van der Waals surface area (Å²) in [7, 11) is 3.38. The lowest BCUT2D eigenvalue weighted by atomic mass is 9.71. The molecule has 2 rings (SSSR count). The fraction of sp³-hybridized carbons (Fsp3) is 0.600. The molecule has 2 atom stereocenters. The Kier molecular flexibility index (Phi) is 3.18. The largest absolute Gasteiger partial charge is 0.508 e. The van der Waals surface area contributed by atoms with Gasteiger partial charge in [0.15, 0.2) is 0 Å². The van der Waals surface area contributed by atoms with Crippen molar-refractivity contribution in [3.63, 3.8) is 0 Å². The summed E-state index contributed by atoms with van der Waals surface area (Å²) in [6, 6.07) is 6.57. The number of hydrogen-bond acceptors (Lipinski definition) is 3. The standard InChI is InChI=1S/C15H23NO2/c1-16(2)11-13-6-3-4-9-15(13,18)12-7-5-8-14(17)10-12/h5,7-8,10,13,17-18H,3-4,6,9,11H2,1-2H3/t13-,15+/m0/s1/i11D2. The third-order valence-electron chi connectivity index (χ3n) is 3.64. The average molecular weight is 251 g/mol. The molecule has 1 aromatic rings. The number of aromatic hydroxyl groups is 1. The van der Waals surface area contributed by atoms with Gasteiger partial charge in [0, 0.05) is 15.2 Å². The summed E-state index contributed by atoms with van der Waals surface area (Å²) in [5.74, 6) is -0.411. The monoisotopic (exact) mass is 251 g/mol. The van der Waals surface area contributed by atoms with Crippen LogP contribution in [0.3, 0.4) is 0 Å². The molecule has 1 aliphatic rings. The minimum absolute atomic E-state index is 0.102. The van der Waals surface area contributed by atoms with E-state index in [9.17, 15) is 10.2 Å². The molecule has 0 saturated heterocycles. The molecule has 0 amide bonds. The smallest absolute Gasteiger partial charge is 0.115 e. The number of aliphatic hydroxyl groups is 1. The van der Waals surface area contributed by atoms with E-state index in [0.717, 1.165) is 12.8 Å². The molecule has 1 saturated carbocycles. The van der Waals surface area contributed by atoms with Crippen LogP contribution in [0.2, 0.25) is 0 Å². The van der Waals surface area contributed by atoms with Gasteiger partial charge >= 0.3 is 0 Å². The highest BCUT2D eigenvalue weighted by atomic mass is 16.3. The molecule has 2 N–H and O–H groups in total. The first-order valence-corrected chi connectivity index (χ1v) is 6.48. The molecule has 0 heterocycles. The van der Waals surface area contributed by atoms with Crippen LogP contribution in [0, 0.1) is 5.92 Å². The Morgan fingerprint density at radius 3 is 2.89 bits per heavy atom. The topological polar surface area (TPSA) is 43.7 Å². The number of nitrogens with zero attached hydrogens (tertiary/aromatic N) is 1. The lowest BCUT2D eigenvalue weighted by Gasteiger charge is -2.41. The predicted octanol–water partition coefficient (Wildman–Crippen LogP) is 2.33. The van der Waals surface area contributed by atoms with Crippen LogP contribution in [0.25, 0.3) is 0 Å². The third-order valence-corrected chi connectivity index (χ3v) is 3.64. The molecule has 0 radical (unpaired) electrons. The highest BCUT2D eigenvalue weighted by Crippen LogP contribution is 2.42. The van der Waals surface area contributed by atoms with Crippen LogP contribution in [-0.2, 0) is 5.60 Å². The molecule has 100 valence electrons. The van der Waals surface area contributed by atoms with E-state index in [4.69, 9.17) is 2.74 Å². The SMILES string of the molecule is [2H]C([2H])([C@@H]1CCCC[C@@]1(O)c1cccc(O)c1)N(C)C. The summed E-state index contributed by atoms with van der Waals surface area (Å²) in [5.41, 5.74) is -0.627. The fourth-order valence-electron chi connectivity index (χ4n) is 2.76. The molecule has 0 unspecified atom stereocenters. The molecule has 1 fully saturated rings. The number of rotatable bonds is 3. The summed E-state index contributed by atoms with van der Waals surface area (Å²) < 4.78 is 16.6. The van der Waals surface area contributed by atoms with E-state index in [-0.39, 0.29) is 5.75 Å². The number of benzene rings is 1. The van der Waals surface area contributed by atoms with Crippen molar-refractivity contribution >= 4 is 0 Å². The van der Waals surface area contributed by atoms with E-state index in [0.29, 0.717) is 18.4 Å². The van der Waals surface area contributed by atoms with Crippen molar-refractivity contribution in [1.29, 1.82) is 0 Å². The zero-order valence-electron chi connectivity index (χ0n) is 13.1. The molecule has 1 aliphatic carbocycles. The quantitative estimate of drug-likeness (QED) is 0.866. The molecule has 3 heteroatoms. The molecule has 0 aromatic heterocycles. The first-order valence-electron chi connectivity index (χ1n) is 7.48. The van der Waals surface area contributed by atoms with Gasteiger partial charge in [-0.3, -0.25) is 0 Å². The van der Waals surface area contributed by atoms with Crippen molar-refractivity contribution < 1.29 is 13.0 Å². The Morgan fingerprint density at radius 2 is 2.22 bits per heavy atom. The maximum Gasteiger partial charge on any atom is 0.115 e. The molecule has 0 spiro atoms. The Bertz CT molecular complexity index is 479. The Morgan fingerprint density at radius 1 is 1.44 bits per heavy atom. The van der Waals surface area contributed by atoms with Gasteiger partial charge in [0.05, 0.1) is 5.60 Å². The van der Waals surface area contributed by atoms with Crippen molar-refractivity contribution in [2.45, 2.75) is 31.3 Å². The highest BCUT2D eigenvalue weighted by Gasteiger charge is 2.40. The average Bonchev–Trinajstić information content (AvgIpc) is 2.38. The zero-order valence-corrected chi connectivity index (χ0v) is 11.1. The maximum absolute atomic E-state index is 11.1. The number of phenols is 1. The molecule has 3 nitrogen and oxygen atoms in total. The molecular weight excluding hydrogens is 226 g/mol. The zero-order chi connectivity index (χ0) is 15.0. The van der Waals surface area contributed by atoms with Crippen molar-refractivity contribution in [2.75, 3.05) is 20.6 Å². The molecule has 0 aliphatic heterocycles. The first-order chi connectivity index (χ1) is 9.28. The minimum Gasteiger partial charge on any atom is -0.508 e. The third kappa shape index (κ3) is 2.68. The summed E-state index contributed by atoms with van der Waals surface area (Å²) in [6.45, 7) is -1.60. The second kappa shape index (κ2) is 5.29. The van der Waals surface area contributed by atoms with Crippen LogP contribution in [0.5, 0.6) is 5.75 Å². The van der Waals surface area contributed by atoms with Gasteiger partial charge in [-0.2, -0.15) is 0 Å². The lowest BCUT2D eigenvalue weighted by Crippen LogP contribution is -2.43. The van der Waals surface area contributed by atoms with Gasteiger partial charge < -0.3 is 15.1 Å². The Balaban J connectivity index is 2.44.